The van der Waals surface area contributed by atoms with Crippen molar-refractivity contribution in [1.82, 2.24) is 0 Å². The molecule has 0 aromatic rings. The van der Waals surface area contributed by atoms with Gasteiger partial charge in [0, 0.05) is 22.4 Å². The predicted octanol–water partition coefficient (Wildman–Crippen LogP) is 0.279. The largest absolute Gasteiger partial charge is 0.469 e. The van der Waals surface area contributed by atoms with Crippen LogP contribution in [0.25, 0.3) is 0 Å². The topological polar surface area (TPSA) is 66.8 Å². The zero-order valence-electron chi connectivity index (χ0n) is 4.45. The van der Waals surface area contributed by atoms with Crippen LogP contribution in [0, 0.1) is 0 Å². The van der Waals surface area contributed by atoms with Gasteiger partial charge >= 0.3 is 7.82 Å². The Morgan fingerprint density at radius 2 is 2.11 bits per heavy atom. The maximum atomic E-state index is 9.81. The Labute approximate surface area is 68.7 Å². The van der Waals surface area contributed by atoms with E-state index in [9.17, 15) is 4.57 Å². The molecule has 0 amide bonds. The Bertz CT molecular complexity index is 119. The first-order chi connectivity index (χ1) is 3.56. The normalized spacial score (nSPS) is 10.0. The van der Waals surface area contributed by atoms with Crippen LogP contribution in [0.5, 0.6) is 0 Å². The predicted molar refractivity (Wildman–Crippen MR) is 28.2 cm³/mol. The van der Waals surface area contributed by atoms with Gasteiger partial charge in [-0.3, -0.25) is 4.52 Å². The fraction of sp³-hybridized carbons (Fsp3) is 0.333. The minimum atomic E-state index is -4.25. The molecule has 0 aromatic heterocycles. The minimum Gasteiger partial charge on any atom is -0.303 e. The summed E-state index contributed by atoms with van der Waals surface area (Å²) < 4.78 is 13.7. The van der Waals surface area contributed by atoms with E-state index < -0.39 is 7.82 Å². The molecule has 0 saturated carbocycles. The van der Waals surface area contributed by atoms with Gasteiger partial charge < -0.3 is 9.79 Å². The molecule has 0 aromatic carbocycles. The first kappa shape index (κ1) is 12.3. The van der Waals surface area contributed by atoms with Crippen molar-refractivity contribution in [2.75, 3.05) is 6.61 Å². The Morgan fingerprint density at radius 3 is 2.22 bits per heavy atom. The second kappa shape index (κ2) is 5.38. The van der Waals surface area contributed by atoms with Crippen molar-refractivity contribution >= 4 is 7.82 Å². The van der Waals surface area contributed by atoms with Crippen LogP contribution in [0.4, 0.5) is 0 Å². The Balaban J connectivity index is 0. The molecule has 0 atom stereocenters. The molecule has 4 nitrogen and oxygen atoms in total. The molecule has 0 saturated heterocycles. The second-order valence-corrected chi connectivity index (χ2v) is 2.31. The van der Waals surface area contributed by atoms with Gasteiger partial charge in [0.15, 0.2) is 0 Å². The molecule has 0 aliphatic rings. The Kier molecular flexibility index (Phi) is 7.34. The molecule has 0 aliphatic heterocycles. The van der Waals surface area contributed by atoms with E-state index in [2.05, 4.69) is 11.1 Å². The van der Waals surface area contributed by atoms with Gasteiger partial charge in [-0.2, -0.15) is 0 Å². The molecule has 1 radical (unpaired) electrons. The SMILES string of the molecule is C=CCOP(=O)(O)O.[Ag]. The summed E-state index contributed by atoms with van der Waals surface area (Å²) in [6, 6.07) is 0. The monoisotopic (exact) mass is 245 g/mol. The Morgan fingerprint density at radius 1 is 1.67 bits per heavy atom. The molecule has 0 aliphatic carbocycles. The van der Waals surface area contributed by atoms with Gasteiger partial charge in [-0.25, -0.2) is 4.57 Å². The molecule has 2 N–H and O–H groups in total. The summed E-state index contributed by atoms with van der Waals surface area (Å²) in [5, 5.41) is 0. The van der Waals surface area contributed by atoms with Crippen molar-refractivity contribution in [1.29, 1.82) is 0 Å². The van der Waals surface area contributed by atoms with Gasteiger partial charge in [0.25, 0.3) is 0 Å². The van der Waals surface area contributed by atoms with Gasteiger partial charge in [0.2, 0.25) is 0 Å². The van der Waals surface area contributed by atoms with Crippen LogP contribution < -0.4 is 0 Å². The summed E-state index contributed by atoms with van der Waals surface area (Å²) in [4.78, 5) is 16.0. The molecule has 0 bridgehead atoms. The minimum absolute atomic E-state index is 0. The number of rotatable bonds is 3. The van der Waals surface area contributed by atoms with Crippen LogP contribution in [0.1, 0.15) is 0 Å². The quantitative estimate of drug-likeness (QED) is 0.426. The summed E-state index contributed by atoms with van der Waals surface area (Å²) in [6.45, 7) is 3.07. The fourth-order valence-corrected chi connectivity index (χ4v) is 0.449. The fourth-order valence-electron chi connectivity index (χ4n) is 0.150. The van der Waals surface area contributed by atoms with E-state index in [-0.39, 0.29) is 29.0 Å². The second-order valence-electron chi connectivity index (χ2n) is 1.08. The van der Waals surface area contributed by atoms with E-state index in [1.54, 1.807) is 0 Å². The molecular weight excluding hydrogens is 239 g/mol. The van der Waals surface area contributed by atoms with Crippen molar-refractivity contribution < 1.29 is 41.3 Å². The summed E-state index contributed by atoms with van der Waals surface area (Å²) in [5.41, 5.74) is 0. The van der Waals surface area contributed by atoms with Crippen molar-refractivity contribution in [3.8, 4) is 0 Å². The van der Waals surface area contributed by atoms with Crippen molar-refractivity contribution in [3.63, 3.8) is 0 Å². The first-order valence-electron chi connectivity index (χ1n) is 1.87. The zero-order chi connectivity index (χ0) is 6.62. The van der Waals surface area contributed by atoms with Crippen molar-refractivity contribution in [2.45, 2.75) is 0 Å². The van der Waals surface area contributed by atoms with Crippen molar-refractivity contribution in [2.24, 2.45) is 0 Å². The number of phosphoric acid groups is 1. The van der Waals surface area contributed by atoms with Gasteiger partial charge in [-0.15, -0.1) is 6.58 Å². The van der Waals surface area contributed by atoms with E-state index in [0.717, 1.165) is 0 Å². The van der Waals surface area contributed by atoms with Crippen LogP contribution in [0.3, 0.4) is 0 Å². The van der Waals surface area contributed by atoms with Gasteiger partial charge in [0.05, 0.1) is 6.61 Å². The average Bonchev–Trinajstić information content (AvgIpc) is 1.59. The first-order valence-corrected chi connectivity index (χ1v) is 3.40. The van der Waals surface area contributed by atoms with Crippen LogP contribution in [-0.4, -0.2) is 16.4 Å². The van der Waals surface area contributed by atoms with Crippen LogP contribution in [-0.2, 0) is 31.5 Å². The van der Waals surface area contributed by atoms with E-state index in [0.29, 0.717) is 0 Å². The van der Waals surface area contributed by atoms with Crippen molar-refractivity contribution in [3.05, 3.63) is 12.7 Å². The smallest absolute Gasteiger partial charge is 0.303 e. The third-order valence-corrected chi connectivity index (χ3v) is 0.846. The summed E-state index contributed by atoms with van der Waals surface area (Å²) >= 11 is 0. The molecule has 6 heteroatoms. The molecule has 0 heterocycles. The van der Waals surface area contributed by atoms with Crippen LogP contribution in [0.15, 0.2) is 12.7 Å². The molecule has 0 rings (SSSR count). The third-order valence-electron chi connectivity index (χ3n) is 0.361. The Hall–Kier alpha value is 0.590. The van der Waals surface area contributed by atoms with Gasteiger partial charge in [-0.1, -0.05) is 6.08 Å². The molecule has 0 fully saturated rings. The number of hydrogen-bond donors (Lipinski definition) is 2. The molecular formula is C3H7AgO4P. The molecule has 9 heavy (non-hydrogen) atoms. The number of phosphoric ester groups is 1. The summed E-state index contributed by atoms with van der Waals surface area (Å²) in [6.07, 6.45) is 1.26. The average molecular weight is 246 g/mol. The van der Waals surface area contributed by atoms with Crippen LogP contribution in [0.2, 0.25) is 0 Å². The van der Waals surface area contributed by atoms with Crippen LogP contribution >= 0.6 is 7.82 Å². The summed E-state index contributed by atoms with van der Waals surface area (Å²) in [7, 11) is -4.25. The molecule has 59 valence electrons. The number of hydrogen-bond acceptors (Lipinski definition) is 2. The summed E-state index contributed by atoms with van der Waals surface area (Å²) in [5.74, 6) is 0. The molecule has 0 unspecified atom stereocenters. The van der Waals surface area contributed by atoms with E-state index in [4.69, 9.17) is 9.79 Å². The zero-order valence-corrected chi connectivity index (χ0v) is 6.83. The van der Waals surface area contributed by atoms with E-state index >= 15 is 0 Å². The molecule has 0 spiro atoms. The van der Waals surface area contributed by atoms with Gasteiger partial charge in [-0.05, 0) is 0 Å². The third kappa shape index (κ3) is 11.9. The van der Waals surface area contributed by atoms with E-state index in [1.165, 1.54) is 6.08 Å². The maximum absolute atomic E-state index is 9.81. The van der Waals surface area contributed by atoms with Gasteiger partial charge in [0.1, 0.15) is 0 Å². The standard InChI is InChI=1S/C3H7O4P.Ag/c1-2-3-7-8(4,5)6;/h2H,1,3H2,(H2,4,5,6);. The van der Waals surface area contributed by atoms with E-state index in [1.807, 2.05) is 0 Å². The maximum Gasteiger partial charge on any atom is 0.469 e.